The fourth-order valence-corrected chi connectivity index (χ4v) is 2.24. The molecule has 1 aromatic heterocycles. The second-order valence-corrected chi connectivity index (χ2v) is 4.04. The third kappa shape index (κ3) is 2.79. The number of aryl methyl sites for hydroxylation is 1. The van der Waals surface area contributed by atoms with Crippen LogP contribution in [-0.2, 0) is 11.2 Å². The Bertz CT molecular complexity index is 247. The highest BCUT2D eigenvalue weighted by atomic mass is 32.1. The number of rotatable bonds is 5. The molecule has 1 atom stereocenters. The highest BCUT2D eigenvalue weighted by molar-refractivity contribution is 7.12. The van der Waals surface area contributed by atoms with Gasteiger partial charge < -0.3 is 10.5 Å². The van der Waals surface area contributed by atoms with E-state index in [9.17, 15) is 0 Å². The summed E-state index contributed by atoms with van der Waals surface area (Å²) in [6.45, 7) is 5.45. The van der Waals surface area contributed by atoms with E-state index < -0.39 is 0 Å². The Balaban J connectivity index is 2.67. The zero-order valence-corrected chi connectivity index (χ0v) is 9.06. The third-order valence-corrected chi connectivity index (χ3v) is 3.25. The lowest BCUT2D eigenvalue weighted by Crippen LogP contribution is -2.14. The van der Waals surface area contributed by atoms with Gasteiger partial charge in [-0.1, -0.05) is 6.92 Å². The van der Waals surface area contributed by atoms with Crippen LogP contribution in [0.25, 0.3) is 0 Å². The molecule has 1 aromatic rings. The van der Waals surface area contributed by atoms with Gasteiger partial charge >= 0.3 is 0 Å². The molecule has 3 heteroatoms. The molecular weight excluding hydrogens is 182 g/mol. The molecule has 1 heterocycles. The SMILES string of the molecule is CCOC(CN)c1ccc(CC)s1. The summed E-state index contributed by atoms with van der Waals surface area (Å²) in [7, 11) is 0. The molecule has 1 rings (SSSR count). The van der Waals surface area contributed by atoms with Crippen molar-refractivity contribution in [1.82, 2.24) is 0 Å². The molecule has 0 saturated heterocycles. The average Bonchev–Trinajstić information content (AvgIpc) is 2.62. The van der Waals surface area contributed by atoms with Crippen molar-refractivity contribution in [2.75, 3.05) is 13.2 Å². The molecule has 0 bridgehead atoms. The summed E-state index contributed by atoms with van der Waals surface area (Å²) in [4.78, 5) is 2.65. The molecule has 0 aliphatic rings. The van der Waals surface area contributed by atoms with Gasteiger partial charge in [-0.25, -0.2) is 0 Å². The van der Waals surface area contributed by atoms with E-state index in [1.165, 1.54) is 9.75 Å². The van der Waals surface area contributed by atoms with Crippen LogP contribution in [0.2, 0.25) is 0 Å². The first-order valence-corrected chi connectivity index (χ1v) is 5.53. The van der Waals surface area contributed by atoms with Crippen LogP contribution in [0.15, 0.2) is 12.1 Å². The van der Waals surface area contributed by atoms with Gasteiger partial charge in [-0.3, -0.25) is 0 Å². The molecule has 0 radical (unpaired) electrons. The van der Waals surface area contributed by atoms with E-state index >= 15 is 0 Å². The van der Waals surface area contributed by atoms with Crippen LogP contribution in [0.5, 0.6) is 0 Å². The molecule has 0 aromatic carbocycles. The Labute approximate surface area is 83.7 Å². The Hall–Kier alpha value is -0.380. The predicted octanol–water partition coefficient (Wildman–Crippen LogP) is 2.35. The Morgan fingerprint density at radius 2 is 2.23 bits per heavy atom. The maximum atomic E-state index is 5.62. The van der Waals surface area contributed by atoms with Gasteiger partial charge in [-0.05, 0) is 25.5 Å². The van der Waals surface area contributed by atoms with Gasteiger partial charge in [-0.15, -0.1) is 11.3 Å². The van der Waals surface area contributed by atoms with E-state index in [-0.39, 0.29) is 6.10 Å². The van der Waals surface area contributed by atoms with Crippen molar-refractivity contribution in [3.8, 4) is 0 Å². The first kappa shape index (κ1) is 10.7. The van der Waals surface area contributed by atoms with Crippen molar-refractivity contribution in [3.05, 3.63) is 21.9 Å². The zero-order chi connectivity index (χ0) is 9.68. The fourth-order valence-electron chi connectivity index (χ4n) is 1.23. The summed E-state index contributed by atoms with van der Waals surface area (Å²) in [5.74, 6) is 0. The molecule has 13 heavy (non-hydrogen) atoms. The number of thiophene rings is 1. The van der Waals surface area contributed by atoms with E-state index in [1.807, 2.05) is 6.92 Å². The summed E-state index contributed by atoms with van der Waals surface area (Å²) in [6.07, 6.45) is 1.18. The Morgan fingerprint density at radius 3 is 2.69 bits per heavy atom. The Morgan fingerprint density at radius 1 is 1.46 bits per heavy atom. The van der Waals surface area contributed by atoms with Gasteiger partial charge in [0.15, 0.2) is 0 Å². The molecular formula is C10H17NOS. The van der Waals surface area contributed by atoms with Crippen molar-refractivity contribution in [2.45, 2.75) is 26.4 Å². The van der Waals surface area contributed by atoms with E-state index in [2.05, 4.69) is 19.1 Å². The van der Waals surface area contributed by atoms with Crippen LogP contribution < -0.4 is 5.73 Å². The summed E-state index contributed by atoms with van der Waals surface area (Å²) >= 11 is 1.80. The normalized spacial score (nSPS) is 13.2. The van der Waals surface area contributed by atoms with Gasteiger partial charge in [0.2, 0.25) is 0 Å². The highest BCUT2D eigenvalue weighted by Crippen LogP contribution is 2.25. The van der Waals surface area contributed by atoms with Crippen molar-refractivity contribution in [2.24, 2.45) is 5.73 Å². The minimum atomic E-state index is 0.0929. The molecule has 2 N–H and O–H groups in total. The molecule has 0 aliphatic heterocycles. The summed E-state index contributed by atoms with van der Waals surface area (Å²) < 4.78 is 5.52. The molecule has 0 amide bonds. The van der Waals surface area contributed by atoms with Crippen LogP contribution in [-0.4, -0.2) is 13.2 Å². The van der Waals surface area contributed by atoms with E-state index in [0.717, 1.165) is 13.0 Å². The van der Waals surface area contributed by atoms with E-state index in [1.54, 1.807) is 11.3 Å². The molecule has 0 spiro atoms. The minimum Gasteiger partial charge on any atom is -0.372 e. The summed E-state index contributed by atoms with van der Waals surface area (Å²) in [5.41, 5.74) is 5.62. The first-order valence-electron chi connectivity index (χ1n) is 4.72. The molecule has 2 nitrogen and oxygen atoms in total. The lowest BCUT2D eigenvalue weighted by Gasteiger charge is -2.12. The van der Waals surface area contributed by atoms with Gasteiger partial charge in [0.05, 0.1) is 0 Å². The standard InChI is InChI=1S/C10H17NOS/c1-3-8-5-6-10(13-8)9(7-11)12-4-2/h5-6,9H,3-4,7,11H2,1-2H3. The average molecular weight is 199 g/mol. The van der Waals surface area contributed by atoms with Crippen LogP contribution in [0.3, 0.4) is 0 Å². The number of ether oxygens (including phenoxy) is 1. The van der Waals surface area contributed by atoms with Gasteiger partial charge in [0.1, 0.15) is 6.10 Å². The highest BCUT2D eigenvalue weighted by Gasteiger charge is 2.11. The monoisotopic (exact) mass is 199 g/mol. The summed E-state index contributed by atoms with van der Waals surface area (Å²) in [5, 5.41) is 0. The van der Waals surface area contributed by atoms with Crippen LogP contribution >= 0.6 is 11.3 Å². The zero-order valence-electron chi connectivity index (χ0n) is 8.25. The molecule has 74 valence electrons. The van der Waals surface area contributed by atoms with Crippen LogP contribution in [0.4, 0.5) is 0 Å². The van der Waals surface area contributed by atoms with Crippen molar-refractivity contribution in [1.29, 1.82) is 0 Å². The molecule has 0 fully saturated rings. The van der Waals surface area contributed by atoms with Crippen molar-refractivity contribution < 1.29 is 4.74 Å². The molecule has 0 saturated carbocycles. The smallest absolute Gasteiger partial charge is 0.104 e. The van der Waals surface area contributed by atoms with E-state index in [0.29, 0.717) is 6.54 Å². The quantitative estimate of drug-likeness (QED) is 0.790. The largest absolute Gasteiger partial charge is 0.372 e. The van der Waals surface area contributed by atoms with Crippen molar-refractivity contribution >= 4 is 11.3 Å². The maximum absolute atomic E-state index is 5.62. The van der Waals surface area contributed by atoms with Gasteiger partial charge in [0.25, 0.3) is 0 Å². The Kier molecular flexibility index (Phi) is 4.42. The van der Waals surface area contributed by atoms with Crippen molar-refractivity contribution in [3.63, 3.8) is 0 Å². The second-order valence-electron chi connectivity index (χ2n) is 2.84. The molecule has 0 aliphatic carbocycles. The van der Waals surface area contributed by atoms with Crippen LogP contribution in [0, 0.1) is 0 Å². The minimum absolute atomic E-state index is 0.0929. The maximum Gasteiger partial charge on any atom is 0.104 e. The second kappa shape index (κ2) is 5.37. The topological polar surface area (TPSA) is 35.2 Å². The van der Waals surface area contributed by atoms with Gasteiger partial charge in [0, 0.05) is 22.9 Å². The number of hydrogen-bond acceptors (Lipinski definition) is 3. The molecule has 1 unspecified atom stereocenters. The lowest BCUT2D eigenvalue weighted by atomic mass is 10.3. The van der Waals surface area contributed by atoms with Gasteiger partial charge in [-0.2, -0.15) is 0 Å². The fraction of sp³-hybridized carbons (Fsp3) is 0.600. The lowest BCUT2D eigenvalue weighted by molar-refractivity contribution is 0.0714. The van der Waals surface area contributed by atoms with Crippen LogP contribution in [0.1, 0.15) is 29.7 Å². The third-order valence-electron chi connectivity index (χ3n) is 1.93. The van der Waals surface area contributed by atoms with E-state index in [4.69, 9.17) is 10.5 Å². The predicted molar refractivity (Wildman–Crippen MR) is 57.1 cm³/mol. The summed E-state index contributed by atoms with van der Waals surface area (Å²) in [6, 6.07) is 4.28. The number of hydrogen-bond donors (Lipinski definition) is 1. The first-order chi connectivity index (χ1) is 6.31. The number of nitrogens with two attached hydrogens (primary N) is 1.